The number of ether oxygens (including phenoxy) is 1. The highest BCUT2D eigenvalue weighted by Gasteiger charge is 2.43. The molecule has 2 amide bonds. The van der Waals surface area contributed by atoms with Gasteiger partial charge in [-0.25, -0.2) is 0 Å². The lowest BCUT2D eigenvalue weighted by molar-refractivity contribution is -0.131. The number of hydrogen-bond acceptors (Lipinski definition) is 5. The van der Waals surface area contributed by atoms with E-state index in [2.05, 4.69) is 11.9 Å². The van der Waals surface area contributed by atoms with Gasteiger partial charge in [0.15, 0.2) is 5.76 Å². The maximum atomic E-state index is 12.7. The van der Waals surface area contributed by atoms with Gasteiger partial charge in [0.2, 0.25) is 5.91 Å². The Morgan fingerprint density at radius 3 is 2.88 bits per heavy atom. The van der Waals surface area contributed by atoms with Gasteiger partial charge >= 0.3 is 0 Å². The maximum Gasteiger partial charge on any atom is 0.289 e. The zero-order valence-corrected chi connectivity index (χ0v) is 15.1. The van der Waals surface area contributed by atoms with Crippen molar-refractivity contribution in [3.63, 3.8) is 0 Å². The van der Waals surface area contributed by atoms with Crippen LogP contribution < -0.4 is 0 Å². The number of piperazine rings is 1. The first-order valence-corrected chi connectivity index (χ1v) is 8.86. The van der Waals surface area contributed by atoms with Gasteiger partial charge in [-0.15, -0.1) is 0 Å². The van der Waals surface area contributed by atoms with Crippen LogP contribution in [0.25, 0.3) is 0 Å². The van der Waals surface area contributed by atoms with Gasteiger partial charge in [-0.05, 0) is 32.0 Å². The highest BCUT2D eigenvalue weighted by molar-refractivity contribution is 5.91. The first-order chi connectivity index (χ1) is 12.1. The summed E-state index contributed by atoms with van der Waals surface area (Å²) in [6.45, 7) is 4.00. The highest BCUT2D eigenvalue weighted by atomic mass is 16.5. The first kappa shape index (κ1) is 17.9. The second-order valence-electron chi connectivity index (χ2n) is 6.97. The van der Waals surface area contributed by atoms with Crippen LogP contribution in [0.4, 0.5) is 0 Å². The lowest BCUT2D eigenvalue weighted by atomic mass is 9.86. The number of rotatable bonds is 4. The molecule has 0 radical (unpaired) electrons. The van der Waals surface area contributed by atoms with Crippen LogP contribution in [0.1, 0.15) is 29.8 Å². The summed E-state index contributed by atoms with van der Waals surface area (Å²) in [6, 6.07) is 3.44. The van der Waals surface area contributed by atoms with E-state index in [0.29, 0.717) is 45.0 Å². The lowest BCUT2D eigenvalue weighted by Crippen LogP contribution is -2.62. The topological polar surface area (TPSA) is 66.2 Å². The zero-order valence-electron chi connectivity index (χ0n) is 15.1. The van der Waals surface area contributed by atoms with Crippen molar-refractivity contribution in [1.82, 2.24) is 14.7 Å². The molecule has 0 aromatic carbocycles. The molecule has 0 saturated carbocycles. The largest absolute Gasteiger partial charge is 0.459 e. The molecule has 2 aliphatic heterocycles. The summed E-state index contributed by atoms with van der Waals surface area (Å²) in [5.74, 6) is 0.493. The average molecular weight is 349 g/mol. The number of methoxy groups -OCH3 is 1. The molecule has 138 valence electrons. The van der Waals surface area contributed by atoms with Gasteiger partial charge < -0.3 is 19.0 Å². The van der Waals surface area contributed by atoms with Crippen molar-refractivity contribution in [3.8, 4) is 0 Å². The third-order valence-electron chi connectivity index (χ3n) is 5.59. The molecule has 2 fully saturated rings. The second-order valence-corrected chi connectivity index (χ2v) is 6.97. The summed E-state index contributed by atoms with van der Waals surface area (Å²) in [6.07, 6.45) is 3.67. The molecule has 0 unspecified atom stereocenters. The van der Waals surface area contributed by atoms with E-state index >= 15 is 0 Å². The Kier molecular flexibility index (Phi) is 5.44. The number of likely N-dealkylation sites (tertiary alicyclic amines) is 1. The third-order valence-corrected chi connectivity index (χ3v) is 5.59. The number of nitrogens with zero attached hydrogens (tertiary/aromatic N) is 3. The number of likely N-dealkylation sites (N-methyl/N-ethyl adjacent to an activating group) is 1. The fourth-order valence-electron chi connectivity index (χ4n) is 3.86. The summed E-state index contributed by atoms with van der Waals surface area (Å²) < 4.78 is 10.4. The summed E-state index contributed by atoms with van der Waals surface area (Å²) in [7, 11) is 3.75. The predicted octanol–water partition coefficient (Wildman–Crippen LogP) is 1.06. The Morgan fingerprint density at radius 2 is 2.16 bits per heavy atom. The normalized spacial score (nSPS) is 25.4. The monoisotopic (exact) mass is 349 g/mol. The minimum absolute atomic E-state index is 0.0655. The second kappa shape index (κ2) is 7.58. The summed E-state index contributed by atoms with van der Waals surface area (Å²) >= 11 is 0. The van der Waals surface area contributed by atoms with Crippen molar-refractivity contribution in [2.75, 3.05) is 53.5 Å². The summed E-state index contributed by atoms with van der Waals surface area (Å²) in [4.78, 5) is 31.2. The molecule has 3 rings (SSSR count). The molecule has 7 heteroatoms. The maximum absolute atomic E-state index is 12.7. The van der Waals surface area contributed by atoms with E-state index in [1.807, 2.05) is 9.80 Å². The SMILES string of the molecule is COCCN1CC[C@]2(CCC1=O)CN(C(=O)c1ccco1)CCN2C. The minimum atomic E-state index is -0.155. The van der Waals surface area contributed by atoms with Gasteiger partial charge in [0.05, 0.1) is 12.9 Å². The number of carbonyl (C=O) groups is 2. The average Bonchev–Trinajstić information content (AvgIpc) is 3.10. The van der Waals surface area contributed by atoms with E-state index in [-0.39, 0.29) is 17.4 Å². The van der Waals surface area contributed by atoms with E-state index in [4.69, 9.17) is 9.15 Å². The Balaban J connectivity index is 1.72. The molecular weight excluding hydrogens is 322 g/mol. The molecule has 2 saturated heterocycles. The van der Waals surface area contributed by atoms with Gasteiger partial charge in [0.1, 0.15) is 0 Å². The van der Waals surface area contributed by atoms with Crippen LogP contribution in [0.15, 0.2) is 22.8 Å². The van der Waals surface area contributed by atoms with Crippen LogP contribution in [0.2, 0.25) is 0 Å². The van der Waals surface area contributed by atoms with E-state index in [1.54, 1.807) is 19.2 Å². The Morgan fingerprint density at radius 1 is 1.32 bits per heavy atom. The van der Waals surface area contributed by atoms with Gasteiger partial charge in [-0.2, -0.15) is 0 Å². The van der Waals surface area contributed by atoms with Crippen molar-refractivity contribution in [2.45, 2.75) is 24.8 Å². The standard InChI is InChI=1S/C18H27N3O4/c1-19-9-10-21(17(23)15-4-3-12-25-15)14-18(19)6-5-16(22)20(8-7-18)11-13-24-2/h3-4,12H,5-11,13-14H2,1-2H3/t18-/m1/s1. The van der Waals surface area contributed by atoms with E-state index in [1.165, 1.54) is 6.26 Å². The van der Waals surface area contributed by atoms with E-state index < -0.39 is 0 Å². The molecule has 0 bridgehead atoms. The fraction of sp³-hybridized carbons (Fsp3) is 0.667. The molecule has 0 N–H and O–H groups in total. The molecule has 2 aliphatic rings. The van der Waals surface area contributed by atoms with Crippen molar-refractivity contribution in [2.24, 2.45) is 0 Å². The van der Waals surface area contributed by atoms with Crippen LogP contribution >= 0.6 is 0 Å². The van der Waals surface area contributed by atoms with Crippen molar-refractivity contribution in [1.29, 1.82) is 0 Å². The van der Waals surface area contributed by atoms with Crippen molar-refractivity contribution < 1.29 is 18.7 Å². The van der Waals surface area contributed by atoms with Crippen LogP contribution in [-0.4, -0.2) is 85.5 Å². The minimum Gasteiger partial charge on any atom is -0.459 e. The smallest absolute Gasteiger partial charge is 0.289 e. The molecule has 3 heterocycles. The Bertz CT molecular complexity index is 603. The van der Waals surface area contributed by atoms with Gasteiger partial charge in [0.25, 0.3) is 5.91 Å². The van der Waals surface area contributed by atoms with Gasteiger partial charge in [-0.3, -0.25) is 14.5 Å². The number of furan rings is 1. The van der Waals surface area contributed by atoms with Gasteiger partial charge in [0, 0.05) is 51.8 Å². The molecule has 1 spiro atoms. The molecule has 1 aromatic heterocycles. The third kappa shape index (κ3) is 3.72. The first-order valence-electron chi connectivity index (χ1n) is 8.86. The summed E-state index contributed by atoms with van der Waals surface area (Å²) in [5.41, 5.74) is -0.155. The molecule has 1 atom stereocenters. The Hall–Kier alpha value is -1.86. The van der Waals surface area contributed by atoms with Crippen LogP contribution in [-0.2, 0) is 9.53 Å². The molecule has 25 heavy (non-hydrogen) atoms. The van der Waals surface area contributed by atoms with Crippen LogP contribution in [0.5, 0.6) is 0 Å². The van der Waals surface area contributed by atoms with Gasteiger partial charge in [-0.1, -0.05) is 0 Å². The Labute approximate surface area is 148 Å². The van der Waals surface area contributed by atoms with E-state index in [0.717, 1.165) is 19.4 Å². The molecule has 0 aliphatic carbocycles. The van der Waals surface area contributed by atoms with E-state index in [9.17, 15) is 9.59 Å². The summed E-state index contributed by atoms with van der Waals surface area (Å²) in [5, 5.41) is 0. The number of hydrogen-bond donors (Lipinski definition) is 0. The number of carbonyl (C=O) groups excluding carboxylic acids is 2. The quantitative estimate of drug-likeness (QED) is 0.813. The zero-order chi connectivity index (χ0) is 17.9. The van der Waals surface area contributed by atoms with Crippen molar-refractivity contribution in [3.05, 3.63) is 24.2 Å². The highest BCUT2D eigenvalue weighted by Crippen LogP contribution is 2.32. The molecule has 7 nitrogen and oxygen atoms in total. The number of amides is 2. The van der Waals surface area contributed by atoms with Crippen LogP contribution in [0.3, 0.4) is 0 Å². The van der Waals surface area contributed by atoms with Crippen LogP contribution in [0, 0.1) is 0 Å². The fourth-order valence-corrected chi connectivity index (χ4v) is 3.86. The van der Waals surface area contributed by atoms with Crippen molar-refractivity contribution >= 4 is 11.8 Å². The molecular formula is C18H27N3O4. The lowest BCUT2D eigenvalue weighted by Gasteiger charge is -2.49. The predicted molar refractivity (Wildman–Crippen MR) is 92.3 cm³/mol. The molecule has 1 aromatic rings.